The van der Waals surface area contributed by atoms with E-state index in [4.69, 9.17) is 10.00 Å². The van der Waals surface area contributed by atoms with Crippen LogP contribution < -0.4 is 10.1 Å². The zero-order valence-electron chi connectivity index (χ0n) is 12.5. The van der Waals surface area contributed by atoms with Crippen LogP contribution in [0.3, 0.4) is 0 Å². The van der Waals surface area contributed by atoms with Crippen molar-refractivity contribution in [3.63, 3.8) is 0 Å². The van der Waals surface area contributed by atoms with Crippen molar-refractivity contribution in [1.82, 2.24) is 5.32 Å². The molecule has 0 aliphatic heterocycles. The SMILES string of the molecule is Cc1cccc(OCCNC(C)c2cccc(C#N)c2)c1. The minimum atomic E-state index is 0.194. The number of hydrogen-bond acceptors (Lipinski definition) is 3. The lowest BCUT2D eigenvalue weighted by Crippen LogP contribution is -2.24. The molecule has 0 bridgehead atoms. The van der Waals surface area contributed by atoms with Gasteiger partial charge in [-0.15, -0.1) is 0 Å². The molecule has 21 heavy (non-hydrogen) atoms. The third kappa shape index (κ3) is 4.62. The maximum absolute atomic E-state index is 8.92. The predicted octanol–water partition coefficient (Wildman–Crippen LogP) is 3.60. The predicted molar refractivity (Wildman–Crippen MR) is 84.2 cm³/mol. The Balaban J connectivity index is 1.79. The Labute approximate surface area is 126 Å². The molecule has 0 fully saturated rings. The molecule has 0 aromatic heterocycles. The maximum atomic E-state index is 8.92. The van der Waals surface area contributed by atoms with E-state index in [1.54, 1.807) is 0 Å². The molecule has 2 aromatic rings. The molecular formula is C18H20N2O. The largest absolute Gasteiger partial charge is 0.492 e. The van der Waals surface area contributed by atoms with Gasteiger partial charge in [-0.2, -0.15) is 5.26 Å². The van der Waals surface area contributed by atoms with Crippen LogP contribution in [-0.4, -0.2) is 13.2 Å². The number of benzene rings is 2. The van der Waals surface area contributed by atoms with Crippen LogP contribution >= 0.6 is 0 Å². The third-order valence-electron chi connectivity index (χ3n) is 3.33. The van der Waals surface area contributed by atoms with Gasteiger partial charge in [-0.3, -0.25) is 0 Å². The molecular weight excluding hydrogens is 260 g/mol. The van der Waals surface area contributed by atoms with Crippen molar-refractivity contribution in [2.45, 2.75) is 19.9 Å². The Hall–Kier alpha value is -2.31. The molecule has 0 radical (unpaired) electrons. The Bertz CT molecular complexity index is 631. The zero-order valence-corrected chi connectivity index (χ0v) is 12.5. The third-order valence-corrected chi connectivity index (χ3v) is 3.33. The van der Waals surface area contributed by atoms with Crippen LogP contribution in [0.25, 0.3) is 0 Å². The fourth-order valence-corrected chi connectivity index (χ4v) is 2.14. The van der Waals surface area contributed by atoms with Gasteiger partial charge in [0.15, 0.2) is 0 Å². The molecule has 2 rings (SSSR count). The number of ether oxygens (including phenoxy) is 1. The molecule has 0 amide bonds. The monoisotopic (exact) mass is 280 g/mol. The topological polar surface area (TPSA) is 45.0 Å². The molecule has 0 saturated heterocycles. The molecule has 1 unspecified atom stereocenters. The Morgan fingerprint density at radius 1 is 1.19 bits per heavy atom. The van der Waals surface area contributed by atoms with E-state index in [1.807, 2.05) is 42.5 Å². The Morgan fingerprint density at radius 2 is 2.00 bits per heavy atom. The van der Waals surface area contributed by atoms with Gasteiger partial charge < -0.3 is 10.1 Å². The molecule has 3 nitrogen and oxygen atoms in total. The zero-order chi connectivity index (χ0) is 15.1. The fraction of sp³-hybridized carbons (Fsp3) is 0.278. The Kier molecular flexibility index (Phi) is 5.36. The average molecular weight is 280 g/mol. The molecule has 1 N–H and O–H groups in total. The van der Waals surface area contributed by atoms with Gasteiger partial charge in [-0.1, -0.05) is 24.3 Å². The van der Waals surface area contributed by atoms with Crippen LogP contribution in [0.15, 0.2) is 48.5 Å². The standard InChI is InChI=1S/C18H20N2O/c1-14-5-3-8-18(11-14)21-10-9-20-15(2)17-7-4-6-16(12-17)13-19/h3-8,11-12,15,20H,9-10H2,1-2H3. The van der Waals surface area contributed by atoms with E-state index in [0.717, 1.165) is 17.9 Å². The van der Waals surface area contributed by atoms with Gasteiger partial charge in [0.1, 0.15) is 12.4 Å². The normalized spacial score (nSPS) is 11.7. The number of hydrogen-bond donors (Lipinski definition) is 1. The molecule has 3 heteroatoms. The van der Waals surface area contributed by atoms with Gasteiger partial charge in [0.25, 0.3) is 0 Å². The molecule has 0 aliphatic rings. The second kappa shape index (κ2) is 7.47. The highest BCUT2D eigenvalue weighted by Gasteiger charge is 2.05. The summed E-state index contributed by atoms with van der Waals surface area (Å²) >= 11 is 0. The van der Waals surface area contributed by atoms with E-state index >= 15 is 0 Å². The van der Waals surface area contributed by atoms with Crippen molar-refractivity contribution in [1.29, 1.82) is 5.26 Å². The summed E-state index contributed by atoms with van der Waals surface area (Å²) in [5, 5.41) is 12.3. The highest BCUT2D eigenvalue weighted by Crippen LogP contribution is 2.14. The maximum Gasteiger partial charge on any atom is 0.119 e. The van der Waals surface area contributed by atoms with Crippen LogP contribution in [0, 0.1) is 18.3 Å². The van der Waals surface area contributed by atoms with E-state index in [9.17, 15) is 0 Å². The van der Waals surface area contributed by atoms with E-state index in [0.29, 0.717) is 12.2 Å². The van der Waals surface area contributed by atoms with E-state index < -0.39 is 0 Å². The summed E-state index contributed by atoms with van der Waals surface area (Å²) in [6, 6.07) is 18.1. The van der Waals surface area contributed by atoms with Crippen LogP contribution in [-0.2, 0) is 0 Å². The van der Waals surface area contributed by atoms with Crippen molar-refractivity contribution < 1.29 is 4.74 Å². The lowest BCUT2D eigenvalue weighted by atomic mass is 10.1. The number of nitriles is 1. The minimum Gasteiger partial charge on any atom is -0.492 e. The van der Waals surface area contributed by atoms with Crippen LogP contribution in [0.4, 0.5) is 0 Å². The summed E-state index contributed by atoms with van der Waals surface area (Å²) in [6.07, 6.45) is 0. The molecule has 0 aliphatic carbocycles. The Morgan fingerprint density at radius 3 is 2.76 bits per heavy atom. The van der Waals surface area contributed by atoms with Crippen molar-refractivity contribution in [2.75, 3.05) is 13.2 Å². The molecule has 108 valence electrons. The first-order valence-electron chi connectivity index (χ1n) is 7.12. The van der Waals surface area contributed by atoms with Crippen LogP contribution in [0.1, 0.15) is 29.7 Å². The summed E-state index contributed by atoms with van der Waals surface area (Å²) in [7, 11) is 0. The van der Waals surface area contributed by atoms with E-state index in [-0.39, 0.29) is 6.04 Å². The summed E-state index contributed by atoms with van der Waals surface area (Å²) in [5.74, 6) is 0.899. The number of aryl methyl sites for hydroxylation is 1. The first-order valence-corrected chi connectivity index (χ1v) is 7.12. The average Bonchev–Trinajstić information content (AvgIpc) is 2.51. The lowest BCUT2D eigenvalue weighted by molar-refractivity contribution is 0.307. The van der Waals surface area contributed by atoms with Crippen molar-refractivity contribution in [3.8, 4) is 11.8 Å². The van der Waals surface area contributed by atoms with Crippen LogP contribution in [0.5, 0.6) is 5.75 Å². The van der Waals surface area contributed by atoms with Gasteiger partial charge in [-0.25, -0.2) is 0 Å². The van der Waals surface area contributed by atoms with E-state index in [1.165, 1.54) is 5.56 Å². The molecule has 2 aromatic carbocycles. The van der Waals surface area contributed by atoms with Gasteiger partial charge in [0.2, 0.25) is 0 Å². The summed E-state index contributed by atoms with van der Waals surface area (Å²) in [5.41, 5.74) is 3.00. The first kappa shape index (κ1) is 15.1. The molecule has 0 saturated carbocycles. The molecule has 0 heterocycles. The van der Waals surface area contributed by atoms with Gasteiger partial charge in [-0.05, 0) is 49.2 Å². The van der Waals surface area contributed by atoms with E-state index in [2.05, 4.69) is 31.3 Å². The second-order valence-electron chi connectivity index (χ2n) is 5.08. The van der Waals surface area contributed by atoms with Crippen molar-refractivity contribution in [3.05, 3.63) is 65.2 Å². The van der Waals surface area contributed by atoms with Crippen LogP contribution in [0.2, 0.25) is 0 Å². The highest BCUT2D eigenvalue weighted by atomic mass is 16.5. The summed E-state index contributed by atoms with van der Waals surface area (Å²) in [6.45, 7) is 5.51. The van der Waals surface area contributed by atoms with Gasteiger partial charge in [0.05, 0.1) is 11.6 Å². The highest BCUT2D eigenvalue weighted by molar-refractivity contribution is 5.34. The summed E-state index contributed by atoms with van der Waals surface area (Å²) in [4.78, 5) is 0. The number of nitrogens with zero attached hydrogens (tertiary/aromatic N) is 1. The van der Waals surface area contributed by atoms with Crippen molar-refractivity contribution in [2.24, 2.45) is 0 Å². The van der Waals surface area contributed by atoms with Gasteiger partial charge >= 0.3 is 0 Å². The molecule has 1 atom stereocenters. The van der Waals surface area contributed by atoms with Crippen molar-refractivity contribution >= 4 is 0 Å². The lowest BCUT2D eigenvalue weighted by Gasteiger charge is -2.15. The quantitative estimate of drug-likeness (QED) is 0.822. The second-order valence-corrected chi connectivity index (χ2v) is 5.08. The first-order chi connectivity index (χ1) is 10.2. The molecule has 0 spiro atoms. The number of nitrogens with one attached hydrogen (secondary N) is 1. The smallest absolute Gasteiger partial charge is 0.119 e. The fourth-order valence-electron chi connectivity index (χ4n) is 2.14. The van der Waals surface area contributed by atoms with Gasteiger partial charge in [0, 0.05) is 12.6 Å². The number of rotatable bonds is 6. The summed E-state index contributed by atoms with van der Waals surface area (Å²) < 4.78 is 5.70. The minimum absolute atomic E-state index is 0.194.